The predicted octanol–water partition coefficient (Wildman–Crippen LogP) is 1.72. The van der Waals surface area contributed by atoms with Crippen LogP contribution in [0.3, 0.4) is 0 Å². The largest absolute Gasteiger partial charge is 0.494 e. The Hall–Kier alpha value is -1.99. The van der Waals surface area contributed by atoms with Gasteiger partial charge in [0, 0.05) is 18.3 Å². The zero-order valence-corrected chi connectivity index (χ0v) is 12.4. The Balaban J connectivity index is 1.95. The molecule has 1 aromatic carbocycles. The number of carbonyl (C=O) groups excluding carboxylic acids is 1. The van der Waals surface area contributed by atoms with Gasteiger partial charge in [0.1, 0.15) is 5.69 Å². The third kappa shape index (κ3) is 3.99. The van der Waals surface area contributed by atoms with Crippen LogP contribution in [0.1, 0.15) is 21.1 Å². The molecule has 0 fully saturated rings. The molecule has 0 aliphatic heterocycles. The molecule has 0 bridgehead atoms. The molecule has 21 heavy (non-hydrogen) atoms. The molecule has 1 amide bonds. The maximum absolute atomic E-state index is 13.5. The zero-order valence-electron chi connectivity index (χ0n) is 11.6. The second-order valence-corrected chi connectivity index (χ2v) is 5.26. The van der Waals surface area contributed by atoms with E-state index in [-0.39, 0.29) is 18.2 Å². The van der Waals surface area contributed by atoms with Gasteiger partial charge < -0.3 is 15.8 Å². The molecular weight excluding hydrogens is 293 g/mol. The van der Waals surface area contributed by atoms with E-state index in [0.29, 0.717) is 24.2 Å². The fourth-order valence-electron chi connectivity index (χ4n) is 1.75. The first kappa shape index (κ1) is 15.4. The van der Waals surface area contributed by atoms with Gasteiger partial charge in [0.15, 0.2) is 11.6 Å². The monoisotopic (exact) mass is 309 g/mol. The summed E-state index contributed by atoms with van der Waals surface area (Å²) in [6, 6.07) is 4.56. The number of ether oxygens (including phenoxy) is 1. The quantitative estimate of drug-likeness (QED) is 0.852. The number of hydrogen-bond donors (Lipinski definition) is 2. The van der Waals surface area contributed by atoms with Crippen molar-refractivity contribution in [2.24, 2.45) is 5.73 Å². The minimum Gasteiger partial charge on any atom is -0.494 e. The van der Waals surface area contributed by atoms with Crippen LogP contribution >= 0.6 is 11.3 Å². The van der Waals surface area contributed by atoms with Crippen molar-refractivity contribution in [2.75, 3.05) is 13.7 Å². The molecule has 0 atom stereocenters. The molecular formula is C14H16FN3O2S. The van der Waals surface area contributed by atoms with Crippen LogP contribution in [0.5, 0.6) is 5.75 Å². The summed E-state index contributed by atoms with van der Waals surface area (Å²) in [4.78, 5) is 16.1. The van der Waals surface area contributed by atoms with E-state index in [9.17, 15) is 9.18 Å². The lowest BCUT2D eigenvalue weighted by molar-refractivity contribution is 0.0946. The molecule has 0 saturated heterocycles. The van der Waals surface area contributed by atoms with Gasteiger partial charge in [0.05, 0.1) is 12.1 Å². The molecule has 0 radical (unpaired) electrons. The summed E-state index contributed by atoms with van der Waals surface area (Å²) in [7, 11) is 1.40. The molecule has 1 aromatic heterocycles. The van der Waals surface area contributed by atoms with Crippen molar-refractivity contribution in [3.63, 3.8) is 0 Å². The van der Waals surface area contributed by atoms with Gasteiger partial charge in [-0.3, -0.25) is 4.79 Å². The Kier molecular flexibility index (Phi) is 5.24. The molecule has 1 heterocycles. The summed E-state index contributed by atoms with van der Waals surface area (Å²) in [5.41, 5.74) is 6.45. The van der Waals surface area contributed by atoms with E-state index in [0.717, 1.165) is 5.01 Å². The summed E-state index contributed by atoms with van der Waals surface area (Å²) in [6.45, 7) is 0.725. The zero-order chi connectivity index (χ0) is 15.2. The standard InChI is InChI=1S/C14H16FN3O2S/c1-20-12-3-2-9(6-10(12)15)7-17-14(19)11-8-21-13(18-11)4-5-16/h2-3,6,8H,4-5,7,16H2,1H3,(H,17,19). The van der Waals surface area contributed by atoms with Crippen LogP contribution in [0.2, 0.25) is 0 Å². The summed E-state index contributed by atoms with van der Waals surface area (Å²) >= 11 is 1.40. The summed E-state index contributed by atoms with van der Waals surface area (Å²) in [5.74, 6) is -0.565. The van der Waals surface area contributed by atoms with E-state index in [1.54, 1.807) is 11.4 Å². The Labute approximate surface area is 126 Å². The van der Waals surface area contributed by atoms with E-state index in [1.165, 1.54) is 30.6 Å². The Morgan fingerprint density at radius 2 is 2.33 bits per heavy atom. The predicted molar refractivity (Wildman–Crippen MR) is 79.0 cm³/mol. The first-order valence-electron chi connectivity index (χ1n) is 6.39. The van der Waals surface area contributed by atoms with Crippen LogP contribution in [-0.2, 0) is 13.0 Å². The van der Waals surface area contributed by atoms with Crippen LogP contribution in [0.4, 0.5) is 4.39 Å². The number of nitrogens with one attached hydrogen (secondary N) is 1. The fraction of sp³-hybridized carbons (Fsp3) is 0.286. The number of hydrogen-bond acceptors (Lipinski definition) is 5. The van der Waals surface area contributed by atoms with Crippen molar-refractivity contribution in [2.45, 2.75) is 13.0 Å². The second-order valence-electron chi connectivity index (χ2n) is 4.32. The van der Waals surface area contributed by atoms with Crippen molar-refractivity contribution in [1.82, 2.24) is 10.3 Å². The van der Waals surface area contributed by atoms with Gasteiger partial charge >= 0.3 is 0 Å². The molecule has 112 valence electrons. The minimum absolute atomic E-state index is 0.177. The highest BCUT2D eigenvalue weighted by molar-refractivity contribution is 7.09. The van der Waals surface area contributed by atoms with Crippen molar-refractivity contribution in [1.29, 1.82) is 0 Å². The van der Waals surface area contributed by atoms with Crippen molar-refractivity contribution in [3.8, 4) is 5.75 Å². The molecule has 2 rings (SSSR count). The van der Waals surface area contributed by atoms with Gasteiger partial charge in [-0.2, -0.15) is 0 Å². The van der Waals surface area contributed by atoms with E-state index in [1.807, 2.05) is 0 Å². The van der Waals surface area contributed by atoms with E-state index < -0.39 is 5.82 Å². The summed E-state index contributed by atoms with van der Waals surface area (Å²) in [6.07, 6.45) is 0.654. The van der Waals surface area contributed by atoms with Gasteiger partial charge in [-0.05, 0) is 24.2 Å². The molecule has 0 aliphatic rings. The number of benzene rings is 1. The number of aromatic nitrogens is 1. The van der Waals surface area contributed by atoms with E-state index >= 15 is 0 Å². The van der Waals surface area contributed by atoms with Crippen LogP contribution in [0.25, 0.3) is 0 Å². The number of thiazole rings is 1. The van der Waals surface area contributed by atoms with E-state index in [4.69, 9.17) is 10.5 Å². The van der Waals surface area contributed by atoms with Gasteiger partial charge in [-0.25, -0.2) is 9.37 Å². The first-order chi connectivity index (χ1) is 10.1. The van der Waals surface area contributed by atoms with E-state index in [2.05, 4.69) is 10.3 Å². The average molecular weight is 309 g/mol. The second kappa shape index (κ2) is 7.14. The number of nitrogens with two attached hydrogens (primary N) is 1. The maximum atomic E-state index is 13.5. The number of halogens is 1. The Bertz CT molecular complexity index is 630. The molecule has 3 N–H and O–H groups in total. The minimum atomic E-state index is -0.455. The van der Waals surface area contributed by atoms with Crippen LogP contribution in [0, 0.1) is 5.82 Å². The molecule has 0 saturated carbocycles. The smallest absolute Gasteiger partial charge is 0.271 e. The van der Waals surface area contributed by atoms with Crippen molar-refractivity contribution >= 4 is 17.2 Å². The highest BCUT2D eigenvalue weighted by Gasteiger charge is 2.11. The Morgan fingerprint density at radius 1 is 1.52 bits per heavy atom. The number of methoxy groups -OCH3 is 1. The Morgan fingerprint density at radius 3 is 3.00 bits per heavy atom. The van der Waals surface area contributed by atoms with Crippen molar-refractivity contribution in [3.05, 3.63) is 45.7 Å². The average Bonchev–Trinajstić information content (AvgIpc) is 2.94. The SMILES string of the molecule is COc1ccc(CNC(=O)c2csc(CCN)n2)cc1F. The lowest BCUT2D eigenvalue weighted by atomic mass is 10.2. The van der Waals surface area contributed by atoms with Crippen LogP contribution < -0.4 is 15.8 Å². The maximum Gasteiger partial charge on any atom is 0.271 e. The van der Waals surface area contributed by atoms with Gasteiger partial charge in [-0.1, -0.05) is 6.07 Å². The third-order valence-electron chi connectivity index (χ3n) is 2.81. The molecule has 0 aliphatic carbocycles. The first-order valence-corrected chi connectivity index (χ1v) is 7.27. The van der Waals surface area contributed by atoms with Crippen LogP contribution in [0.15, 0.2) is 23.6 Å². The lowest BCUT2D eigenvalue weighted by Gasteiger charge is -2.06. The molecule has 7 heteroatoms. The molecule has 2 aromatic rings. The van der Waals surface area contributed by atoms with Gasteiger partial charge in [0.2, 0.25) is 0 Å². The fourth-order valence-corrected chi connectivity index (χ4v) is 2.54. The van der Waals surface area contributed by atoms with Gasteiger partial charge in [0.25, 0.3) is 5.91 Å². The number of rotatable bonds is 6. The lowest BCUT2D eigenvalue weighted by Crippen LogP contribution is -2.23. The number of nitrogens with zero attached hydrogens (tertiary/aromatic N) is 1. The van der Waals surface area contributed by atoms with Gasteiger partial charge in [-0.15, -0.1) is 11.3 Å². The highest BCUT2D eigenvalue weighted by atomic mass is 32.1. The van der Waals surface area contributed by atoms with Crippen molar-refractivity contribution < 1.29 is 13.9 Å². The number of amides is 1. The summed E-state index contributed by atoms with van der Waals surface area (Å²) < 4.78 is 18.4. The molecule has 0 spiro atoms. The normalized spacial score (nSPS) is 10.4. The van der Waals surface area contributed by atoms with Crippen LogP contribution in [-0.4, -0.2) is 24.5 Å². The summed E-state index contributed by atoms with van der Waals surface area (Å²) in [5, 5.41) is 5.22. The molecule has 0 unspecified atom stereocenters. The number of carbonyl (C=O) groups is 1. The molecule has 5 nitrogen and oxygen atoms in total. The highest BCUT2D eigenvalue weighted by Crippen LogP contribution is 2.17. The third-order valence-corrected chi connectivity index (χ3v) is 3.72. The topological polar surface area (TPSA) is 77.2 Å².